The van der Waals surface area contributed by atoms with E-state index in [0.29, 0.717) is 0 Å². The van der Waals surface area contributed by atoms with E-state index < -0.39 is 0 Å². The molecule has 13 rings (SSSR count). The fourth-order valence-corrected chi connectivity index (χ4v) is 13.7. The first-order valence-corrected chi connectivity index (χ1v) is 26.4. The molecule has 72 heavy (non-hydrogen) atoms. The van der Waals surface area contributed by atoms with Crippen LogP contribution in [0.4, 0.5) is 34.1 Å². The van der Waals surface area contributed by atoms with Crippen molar-refractivity contribution >= 4 is 68.4 Å². The van der Waals surface area contributed by atoms with Crippen molar-refractivity contribution in [3.8, 4) is 22.3 Å². The van der Waals surface area contributed by atoms with Crippen LogP contribution in [0.25, 0.3) is 33.4 Å². The van der Waals surface area contributed by atoms with E-state index >= 15 is 0 Å². The third-order valence-corrected chi connectivity index (χ3v) is 17.3. The van der Waals surface area contributed by atoms with E-state index in [4.69, 9.17) is 0 Å². The minimum Gasteiger partial charge on any atom is -0.311 e. The molecule has 0 unspecified atom stereocenters. The van der Waals surface area contributed by atoms with Gasteiger partial charge in [0.05, 0.1) is 0 Å². The van der Waals surface area contributed by atoms with Crippen LogP contribution in [0, 0.1) is 6.92 Å². The lowest BCUT2D eigenvalue weighted by molar-refractivity contribution is 0.590. The zero-order valence-corrected chi connectivity index (χ0v) is 44.1. The van der Waals surface area contributed by atoms with E-state index in [2.05, 4.69) is 256 Å². The van der Waals surface area contributed by atoms with Crippen LogP contribution in [0.5, 0.6) is 0 Å². The first-order valence-electron chi connectivity index (χ1n) is 26.4. The number of fused-ring (bicyclic) bond motifs is 9. The van der Waals surface area contributed by atoms with E-state index in [1.165, 1.54) is 134 Å². The number of anilines is 6. The Bertz CT molecular complexity index is 3660. The summed E-state index contributed by atoms with van der Waals surface area (Å²) in [7, 11) is 0. The van der Waals surface area contributed by atoms with Crippen molar-refractivity contribution in [3.63, 3.8) is 0 Å². The van der Waals surface area contributed by atoms with Crippen LogP contribution in [0.1, 0.15) is 127 Å². The van der Waals surface area contributed by atoms with Crippen LogP contribution in [-0.4, -0.2) is 6.71 Å². The normalized spacial score (nSPS) is 16.6. The first-order chi connectivity index (χ1) is 34.4. The van der Waals surface area contributed by atoms with Gasteiger partial charge in [-0.05, 0) is 179 Å². The molecule has 0 spiro atoms. The largest absolute Gasteiger partial charge is 0.311 e. The molecule has 8 aromatic carbocycles. The summed E-state index contributed by atoms with van der Waals surface area (Å²) >= 11 is 0. The average molecular weight is 933 g/mol. The van der Waals surface area contributed by atoms with Gasteiger partial charge in [0.15, 0.2) is 0 Å². The summed E-state index contributed by atoms with van der Waals surface area (Å²) in [4.78, 5) is 5.16. The van der Waals surface area contributed by atoms with Gasteiger partial charge in [0.1, 0.15) is 0 Å². The Morgan fingerprint density at radius 1 is 0.472 bits per heavy atom. The van der Waals surface area contributed by atoms with Crippen LogP contribution in [-0.2, 0) is 21.7 Å². The van der Waals surface area contributed by atoms with Gasteiger partial charge < -0.3 is 9.80 Å². The Hall–Kier alpha value is -7.10. The van der Waals surface area contributed by atoms with Crippen molar-refractivity contribution in [2.75, 3.05) is 9.80 Å². The molecule has 8 aromatic rings. The summed E-state index contributed by atoms with van der Waals surface area (Å²) in [6.45, 7) is 26.0. The van der Waals surface area contributed by atoms with E-state index in [-0.39, 0.29) is 28.4 Å². The Labute approximate surface area is 428 Å². The summed E-state index contributed by atoms with van der Waals surface area (Å²) in [6, 6.07) is 63.6. The molecule has 2 nitrogen and oxygen atoms in total. The molecule has 0 radical (unpaired) electrons. The molecule has 0 aromatic heterocycles. The van der Waals surface area contributed by atoms with Crippen molar-refractivity contribution in [1.29, 1.82) is 0 Å². The highest BCUT2D eigenvalue weighted by molar-refractivity contribution is 7.00. The smallest absolute Gasteiger partial charge is 0.252 e. The highest BCUT2D eigenvalue weighted by atomic mass is 15.2. The minimum absolute atomic E-state index is 0.0256. The summed E-state index contributed by atoms with van der Waals surface area (Å²) < 4.78 is 0. The Morgan fingerprint density at radius 3 is 1.54 bits per heavy atom. The second-order valence-corrected chi connectivity index (χ2v) is 24.5. The molecule has 5 aliphatic rings. The van der Waals surface area contributed by atoms with Crippen molar-refractivity contribution < 1.29 is 0 Å². The molecule has 0 atom stereocenters. The maximum atomic E-state index is 2.58. The van der Waals surface area contributed by atoms with Gasteiger partial charge in [-0.15, -0.1) is 0 Å². The van der Waals surface area contributed by atoms with E-state index in [1.54, 1.807) is 0 Å². The Kier molecular flexibility index (Phi) is 9.62. The molecule has 3 heteroatoms. The van der Waals surface area contributed by atoms with E-state index in [9.17, 15) is 0 Å². The van der Waals surface area contributed by atoms with Crippen molar-refractivity contribution in [3.05, 3.63) is 220 Å². The molecule has 0 fully saturated rings. The summed E-state index contributed by atoms with van der Waals surface area (Å²) in [5.41, 5.74) is 31.9. The molecule has 3 aliphatic carbocycles. The van der Waals surface area contributed by atoms with Crippen LogP contribution in [0.3, 0.4) is 0 Å². The van der Waals surface area contributed by atoms with Crippen LogP contribution >= 0.6 is 0 Å². The number of hydrogen-bond donors (Lipinski definition) is 0. The van der Waals surface area contributed by atoms with Gasteiger partial charge in [0.25, 0.3) is 6.71 Å². The topological polar surface area (TPSA) is 6.48 Å². The zero-order valence-electron chi connectivity index (χ0n) is 44.1. The van der Waals surface area contributed by atoms with Crippen molar-refractivity contribution in [1.82, 2.24) is 0 Å². The number of benzene rings is 8. The SMILES string of the molecule is Cc1cc2c3c(c1)N(c1ccc(-c4cccc5c4C(C)(C)c4ccccc4-5)cc1)c1ccc(C(C)(C)C)cc1B3c1cc(C(C)(C)C)ccc1N2c1ccc(C2=CCCC3=C2C(C)(C)c2ccccc23)cc1. The lowest BCUT2D eigenvalue weighted by Gasteiger charge is -2.45. The Balaban J connectivity index is 0.980. The second kappa shape index (κ2) is 15.5. The fraction of sp³-hybridized carbons (Fsp3) is 0.246. The third kappa shape index (κ3) is 6.48. The predicted molar refractivity (Wildman–Crippen MR) is 309 cm³/mol. The standard InChI is InChI=1S/C69H65BN2/c1-42-38-61-65-62(39-42)72(48-34-28-44(29-35-48)50-21-17-23-54-52-19-13-15-25-56(52)69(10,11)64(50)54)60-37-31-46(67(5,6)7)41-58(60)70(65)57-40-45(66(2,3)4)30-36-59(57)71(61)47-32-26-43(27-33-47)49-20-16-22-53-51-18-12-14-24-55(51)68(8,9)63(49)53/h12-16,18-22,24-41H,17,23H2,1-11H3. The van der Waals surface area contributed by atoms with Gasteiger partial charge in [-0.2, -0.15) is 0 Å². The number of hydrogen-bond acceptors (Lipinski definition) is 2. The van der Waals surface area contributed by atoms with Gasteiger partial charge in [-0.1, -0.05) is 191 Å². The molecule has 0 N–H and O–H groups in total. The van der Waals surface area contributed by atoms with Crippen LogP contribution in [0.2, 0.25) is 0 Å². The lowest BCUT2D eigenvalue weighted by Crippen LogP contribution is -2.61. The van der Waals surface area contributed by atoms with E-state index in [1.807, 2.05) is 0 Å². The van der Waals surface area contributed by atoms with Crippen molar-refractivity contribution in [2.45, 2.75) is 111 Å². The molecular weight excluding hydrogens is 868 g/mol. The number of aryl methyl sites for hydroxylation is 1. The predicted octanol–water partition coefficient (Wildman–Crippen LogP) is 16.6. The Morgan fingerprint density at radius 2 is 0.972 bits per heavy atom. The molecule has 0 saturated carbocycles. The molecule has 0 amide bonds. The fourth-order valence-electron chi connectivity index (χ4n) is 13.7. The molecular formula is C69H65BN2. The molecule has 0 saturated heterocycles. The van der Waals surface area contributed by atoms with Gasteiger partial charge >= 0.3 is 0 Å². The third-order valence-electron chi connectivity index (χ3n) is 17.3. The molecule has 2 aliphatic heterocycles. The number of rotatable bonds is 4. The van der Waals surface area contributed by atoms with Crippen LogP contribution in [0.15, 0.2) is 175 Å². The van der Waals surface area contributed by atoms with Gasteiger partial charge in [-0.25, -0.2) is 0 Å². The second-order valence-electron chi connectivity index (χ2n) is 24.5. The lowest BCUT2D eigenvalue weighted by atomic mass is 9.33. The van der Waals surface area contributed by atoms with E-state index in [0.717, 1.165) is 12.8 Å². The first kappa shape index (κ1) is 44.8. The molecule has 354 valence electrons. The minimum atomic E-state index is -0.101. The van der Waals surface area contributed by atoms with Crippen LogP contribution < -0.4 is 26.2 Å². The maximum Gasteiger partial charge on any atom is 0.252 e. The molecule has 0 bridgehead atoms. The summed E-state index contributed by atoms with van der Waals surface area (Å²) in [5, 5.41) is 0. The monoisotopic (exact) mass is 933 g/mol. The molecule has 2 heterocycles. The summed E-state index contributed by atoms with van der Waals surface area (Å²) in [5.74, 6) is 0. The zero-order chi connectivity index (χ0) is 49.8. The highest BCUT2D eigenvalue weighted by Gasteiger charge is 2.45. The van der Waals surface area contributed by atoms with Gasteiger partial charge in [0, 0.05) is 45.0 Å². The van der Waals surface area contributed by atoms with Gasteiger partial charge in [-0.3, -0.25) is 0 Å². The average Bonchev–Trinajstić information content (AvgIpc) is 3.75. The number of allylic oxidation sites excluding steroid dienone is 4. The van der Waals surface area contributed by atoms with Gasteiger partial charge in [0.2, 0.25) is 0 Å². The maximum absolute atomic E-state index is 2.58. The number of nitrogens with zero attached hydrogens (tertiary/aromatic N) is 2. The van der Waals surface area contributed by atoms with Crippen molar-refractivity contribution in [2.24, 2.45) is 0 Å². The highest BCUT2D eigenvalue weighted by Crippen LogP contribution is 2.56. The summed E-state index contributed by atoms with van der Waals surface area (Å²) in [6.07, 6.45) is 4.66. The quantitative estimate of drug-likeness (QED) is 0.162.